The van der Waals surface area contributed by atoms with E-state index in [1.54, 1.807) is 7.11 Å². The van der Waals surface area contributed by atoms with E-state index in [2.05, 4.69) is 50.4 Å². The van der Waals surface area contributed by atoms with Crippen molar-refractivity contribution in [2.45, 2.75) is 64.0 Å². The highest BCUT2D eigenvalue weighted by Gasteiger charge is 2.24. The first-order valence-corrected chi connectivity index (χ1v) is 7.94. The van der Waals surface area contributed by atoms with E-state index in [0.29, 0.717) is 6.04 Å². The number of hydrogen-bond donors (Lipinski definition) is 1. The highest BCUT2D eigenvalue weighted by atomic mass is 16.5. The van der Waals surface area contributed by atoms with E-state index in [1.807, 2.05) is 0 Å². The minimum atomic E-state index is -0.0977. The molecule has 1 unspecified atom stereocenters. The molecule has 0 bridgehead atoms. The maximum Gasteiger partial charge on any atom is 0.0640 e. The highest BCUT2D eigenvalue weighted by molar-refractivity contribution is 5.28. The van der Waals surface area contributed by atoms with Gasteiger partial charge in [0.15, 0.2) is 0 Å². The molecule has 1 fully saturated rings. The molecule has 20 heavy (non-hydrogen) atoms. The lowest BCUT2D eigenvalue weighted by Gasteiger charge is -2.30. The largest absolute Gasteiger partial charge is 0.379 e. The summed E-state index contributed by atoms with van der Waals surface area (Å²) in [6.45, 7) is 7.45. The third-order valence-corrected chi connectivity index (χ3v) is 4.61. The molecule has 1 aromatic rings. The molecule has 1 atom stereocenters. The van der Waals surface area contributed by atoms with Crippen molar-refractivity contribution >= 4 is 0 Å². The van der Waals surface area contributed by atoms with Crippen LogP contribution in [0.4, 0.5) is 0 Å². The number of rotatable bonds is 7. The Kier molecular flexibility index (Phi) is 5.22. The van der Waals surface area contributed by atoms with Gasteiger partial charge in [-0.15, -0.1) is 0 Å². The predicted molar refractivity (Wildman–Crippen MR) is 85.2 cm³/mol. The average molecular weight is 275 g/mol. The number of methoxy groups -OCH3 is 1. The molecule has 2 rings (SSSR count). The van der Waals surface area contributed by atoms with Crippen molar-refractivity contribution in [2.24, 2.45) is 0 Å². The molecular formula is C18H29NO. The average Bonchev–Trinajstić information content (AvgIpc) is 2.37. The smallest absolute Gasteiger partial charge is 0.0640 e. The molecule has 0 radical (unpaired) electrons. The quantitative estimate of drug-likeness (QED) is 0.795. The first-order valence-electron chi connectivity index (χ1n) is 7.94. The zero-order valence-corrected chi connectivity index (χ0v) is 13.4. The molecule has 1 aromatic carbocycles. The number of nitrogens with one attached hydrogen (secondary N) is 1. The lowest BCUT2D eigenvalue weighted by atomic mass is 9.79. The van der Waals surface area contributed by atoms with E-state index >= 15 is 0 Å². The summed E-state index contributed by atoms with van der Waals surface area (Å²) < 4.78 is 5.58. The minimum absolute atomic E-state index is 0.0977. The van der Waals surface area contributed by atoms with Gasteiger partial charge in [-0.05, 0) is 56.7 Å². The van der Waals surface area contributed by atoms with E-state index in [4.69, 9.17) is 4.74 Å². The van der Waals surface area contributed by atoms with Gasteiger partial charge in [0.1, 0.15) is 0 Å². The molecule has 0 heterocycles. The maximum absolute atomic E-state index is 5.58. The topological polar surface area (TPSA) is 21.3 Å². The molecule has 0 saturated heterocycles. The first kappa shape index (κ1) is 15.5. The van der Waals surface area contributed by atoms with Crippen LogP contribution in [0.3, 0.4) is 0 Å². The van der Waals surface area contributed by atoms with Gasteiger partial charge in [-0.3, -0.25) is 0 Å². The van der Waals surface area contributed by atoms with Crippen LogP contribution in [0.2, 0.25) is 0 Å². The normalized spacial score (nSPS) is 17.8. The molecule has 0 aromatic heterocycles. The van der Waals surface area contributed by atoms with Crippen molar-refractivity contribution in [1.29, 1.82) is 0 Å². The van der Waals surface area contributed by atoms with Crippen LogP contribution in [0.1, 0.15) is 69.5 Å². The Morgan fingerprint density at radius 2 is 1.90 bits per heavy atom. The third kappa shape index (κ3) is 3.83. The summed E-state index contributed by atoms with van der Waals surface area (Å²) in [5.41, 5.74) is 2.79. The van der Waals surface area contributed by atoms with E-state index in [9.17, 15) is 0 Å². The van der Waals surface area contributed by atoms with Gasteiger partial charge in [-0.2, -0.15) is 0 Å². The maximum atomic E-state index is 5.58. The molecule has 1 aliphatic rings. The second-order valence-electron chi connectivity index (χ2n) is 6.57. The molecule has 2 nitrogen and oxygen atoms in total. The van der Waals surface area contributed by atoms with E-state index < -0.39 is 0 Å². The predicted octanol–water partition coefficient (Wildman–Crippen LogP) is 4.42. The molecule has 1 N–H and O–H groups in total. The monoisotopic (exact) mass is 275 g/mol. The van der Waals surface area contributed by atoms with Gasteiger partial charge in [-0.1, -0.05) is 37.6 Å². The zero-order valence-electron chi connectivity index (χ0n) is 13.4. The fraction of sp³-hybridized carbons (Fsp3) is 0.667. The summed E-state index contributed by atoms with van der Waals surface area (Å²) in [5.74, 6) is 0.817. The Morgan fingerprint density at radius 1 is 1.25 bits per heavy atom. The molecule has 1 saturated carbocycles. The molecule has 112 valence electrons. The lowest BCUT2D eigenvalue weighted by molar-refractivity contribution is 0.00697. The fourth-order valence-electron chi connectivity index (χ4n) is 2.87. The Morgan fingerprint density at radius 3 is 2.35 bits per heavy atom. The highest BCUT2D eigenvalue weighted by Crippen LogP contribution is 2.37. The summed E-state index contributed by atoms with van der Waals surface area (Å²) in [7, 11) is 1.79. The second kappa shape index (κ2) is 6.73. The SMILES string of the molecule is CCNC(CC(C)(C)OC)c1ccc(C2CCC2)cc1. The van der Waals surface area contributed by atoms with Crippen molar-refractivity contribution in [2.75, 3.05) is 13.7 Å². The van der Waals surface area contributed by atoms with E-state index in [0.717, 1.165) is 18.9 Å². The van der Waals surface area contributed by atoms with Gasteiger partial charge in [-0.25, -0.2) is 0 Å². The lowest BCUT2D eigenvalue weighted by Crippen LogP contribution is -2.32. The Labute approximate surface area is 123 Å². The standard InChI is InChI=1S/C18H29NO/c1-5-19-17(13-18(2,3)20-4)16-11-9-15(10-12-16)14-7-6-8-14/h9-12,14,17,19H,5-8,13H2,1-4H3. The van der Waals surface area contributed by atoms with Crippen molar-refractivity contribution in [3.8, 4) is 0 Å². The molecule has 2 heteroatoms. The van der Waals surface area contributed by atoms with E-state index in [1.165, 1.54) is 30.4 Å². The van der Waals surface area contributed by atoms with Crippen LogP contribution >= 0.6 is 0 Å². The van der Waals surface area contributed by atoms with Gasteiger partial charge in [0.2, 0.25) is 0 Å². The fourth-order valence-corrected chi connectivity index (χ4v) is 2.87. The number of ether oxygens (including phenoxy) is 1. The summed E-state index contributed by atoms with van der Waals surface area (Å²) in [6, 6.07) is 9.61. The van der Waals surface area contributed by atoms with E-state index in [-0.39, 0.29) is 5.60 Å². The van der Waals surface area contributed by atoms with Crippen LogP contribution in [-0.4, -0.2) is 19.3 Å². The van der Waals surface area contributed by atoms with Crippen LogP contribution in [0.5, 0.6) is 0 Å². The minimum Gasteiger partial charge on any atom is -0.379 e. The van der Waals surface area contributed by atoms with Crippen molar-refractivity contribution in [3.63, 3.8) is 0 Å². The van der Waals surface area contributed by atoms with Gasteiger partial charge < -0.3 is 10.1 Å². The Balaban J connectivity index is 2.07. The zero-order chi connectivity index (χ0) is 14.6. The number of hydrogen-bond acceptors (Lipinski definition) is 2. The Bertz CT molecular complexity index is 406. The first-order chi connectivity index (χ1) is 9.55. The van der Waals surface area contributed by atoms with Crippen LogP contribution in [0, 0.1) is 0 Å². The van der Waals surface area contributed by atoms with Crippen LogP contribution in [0.25, 0.3) is 0 Å². The third-order valence-electron chi connectivity index (χ3n) is 4.61. The Hall–Kier alpha value is -0.860. The molecule has 1 aliphatic carbocycles. The van der Waals surface area contributed by atoms with Crippen molar-refractivity contribution in [3.05, 3.63) is 35.4 Å². The summed E-state index contributed by atoms with van der Waals surface area (Å²) in [5, 5.41) is 3.59. The summed E-state index contributed by atoms with van der Waals surface area (Å²) in [4.78, 5) is 0. The van der Waals surface area contributed by atoms with Crippen LogP contribution in [-0.2, 0) is 4.74 Å². The number of benzene rings is 1. The molecule has 0 spiro atoms. The van der Waals surface area contributed by atoms with Gasteiger partial charge in [0, 0.05) is 13.2 Å². The van der Waals surface area contributed by atoms with Crippen molar-refractivity contribution in [1.82, 2.24) is 5.32 Å². The van der Waals surface area contributed by atoms with Gasteiger partial charge >= 0.3 is 0 Å². The molecular weight excluding hydrogens is 246 g/mol. The van der Waals surface area contributed by atoms with Gasteiger partial charge in [0.05, 0.1) is 5.60 Å². The molecule has 0 aliphatic heterocycles. The summed E-state index contributed by atoms with van der Waals surface area (Å²) in [6.07, 6.45) is 5.12. The molecule has 0 amide bonds. The second-order valence-corrected chi connectivity index (χ2v) is 6.57. The van der Waals surface area contributed by atoms with Gasteiger partial charge in [0.25, 0.3) is 0 Å². The van der Waals surface area contributed by atoms with Crippen LogP contribution in [0.15, 0.2) is 24.3 Å². The van der Waals surface area contributed by atoms with Crippen LogP contribution < -0.4 is 5.32 Å². The van der Waals surface area contributed by atoms with Crippen molar-refractivity contribution < 1.29 is 4.74 Å². The summed E-state index contributed by atoms with van der Waals surface area (Å²) >= 11 is 0.